The van der Waals surface area contributed by atoms with Crippen LogP contribution in [-0.4, -0.2) is 107 Å². The van der Waals surface area contributed by atoms with Crippen LogP contribution in [0.2, 0.25) is 10.0 Å². The zero-order valence-electron chi connectivity index (χ0n) is 34.7. The molecule has 0 radical (unpaired) electrons. The molecule has 2 aliphatic heterocycles. The Bertz CT molecular complexity index is 2470. The lowest BCUT2D eigenvalue weighted by molar-refractivity contribution is 0.125. The minimum Gasteiger partial charge on any atom is -0.490 e. The lowest BCUT2D eigenvalue weighted by Gasteiger charge is -2.31. The molecule has 4 heterocycles. The van der Waals surface area contributed by atoms with Crippen molar-refractivity contribution in [3.05, 3.63) is 99.7 Å². The molecule has 0 saturated carbocycles. The summed E-state index contributed by atoms with van der Waals surface area (Å²) in [5, 5.41) is 44.0. The molecule has 15 nitrogen and oxygen atoms in total. The summed E-state index contributed by atoms with van der Waals surface area (Å²) in [7, 11) is 0. The van der Waals surface area contributed by atoms with E-state index in [4.69, 9.17) is 57.8 Å². The predicted octanol–water partition coefficient (Wildman–Crippen LogP) is 5.61. The average Bonchev–Trinajstić information content (AvgIpc) is 4.11. The summed E-state index contributed by atoms with van der Waals surface area (Å²) in [5.41, 5.74) is 16.5. The Labute approximate surface area is 369 Å². The van der Waals surface area contributed by atoms with Crippen LogP contribution in [-0.2, 0) is 19.4 Å². The molecule has 2 aliphatic rings. The summed E-state index contributed by atoms with van der Waals surface area (Å²) in [6.45, 7) is 6.27. The molecule has 330 valence electrons. The highest BCUT2D eigenvalue weighted by atomic mass is 35.5. The van der Waals surface area contributed by atoms with Crippen molar-refractivity contribution in [3.63, 3.8) is 0 Å². The van der Waals surface area contributed by atoms with Gasteiger partial charge >= 0.3 is 0 Å². The Morgan fingerprint density at radius 3 is 2.11 bits per heavy atom. The van der Waals surface area contributed by atoms with Crippen molar-refractivity contribution in [2.24, 2.45) is 11.5 Å². The average molecular weight is 892 g/mol. The van der Waals surface area contributed by atoms with E-state index in [1.165, 1.54) is 0 Å². The number of rotatable bonds is 17. The Hall–Kier alpha value is -5.10. The first-order chi connectivity index (χ1) is 29.9. The van der Waals surface area contributed by atoms with Crippen molar-refractivity contribution in [2.45, 2.75) is 44.4 Å². The number of aromatic nitrogens is 2. The number of hydrogen-bond donors (Lipinski definition) is 6. The molecule has 0 atom stereocenters. The van der Waals surface area contributed by atoms with Gasteiger partial charge in [0.25, 0.3) is 5.89 Å². The number of benzene rings is 4. The molecule has 2 aromatic heterocycles. The van der Waals surface area contributed by atoms with Crippen LogP contribution in [0, 0.1) is 0 Å². The van der Waals surface area contributed by atoms with Crippen LogP contribution in [0.4, 0.5) is 11.4 Å². The molecule has 8 N–H and O–H groups in total. The van der Waals surface area contributed by atoms with Gasteiger partial charge < -0.3 is 64.8 Å². The van der Waals surface area contributed by atoms with Crippen LogP contribution in [0.3, 0.4) is 0 Å². The van der Waals surface area contributed by atoms with E-state index < -0.39 is 11.1 Å². The van der Waals surface area contributed by atoms with E-state index in [1.807, 2.05) is 74.5 Å². The first-order valence-corrected chi connectivity index (χ1v) is 21.2. The van der Waals surface area contributed by atoms with Crippen molar-refractivity contribution in [2.75, 3.05) is 75.6 Å². The normalized spacial score (nSPS) is 13.6. The second kappa shape index (κ2) is 19.5. The fourth-order valence-electron chi connectivity index (χ4n) is 7.58. The Morgan fingerprint density at radius 2 is 1.40 bits per heavy atom. The zero-order chi connectivity index (χ0) is 44.0. The van der Waals surface area contributed by atoms with Crippen LogP contribution in [0.25, 0.3) is 33.8 Å². The maximum Gasteiger partial charge on any atom is 0.258 e. The molecule has 0 fully saturated rings. The SMILES string of the molecule is CCOc1ccc(-c2nc(-c3ccc4c(c3)CCN4CC(N)(CO)CO)no2)cc1OCC.NC(CO)(CO)CN1CCc2c(OCc3cc4c(Cl)cc(Cl)cc4o3)cccc21. The minimum absolute atomic E-state index is 0.257. The topological polar surface area (TPSA) is 219 Å². The van der Waals surface area contributed by atoms with Gasteiger partial charge in [-0.3, -0.25) is 0 Å². The summed E-state index contributed by atoms with van der Waals surface area (Å²) in [6.07, 6.45) is 1.62. The molecule has 62 heavy (non-hydrogen) atoms. The van der Waals surface area contributed by atoms with Gasteiger partial charge in [0.2, 0.25) is 5.82 Å². The van der Waals surface area contributed by atoms with Gasteiger partial charge in [-0.25, -0.2) is 0 Å². The first kappa shape index (κ1) is 44.9. The number of furan rings is 1. The van der Waals surface area contributed by atoms with Crippen LogP contribution in [0.5, 0.6) is 17.2 Å². The highest BCUT2D eigenvalue weighted by Gasteiger charge is 2.32. The summed E-state index contributed by atoms with van der Waals surface area (Å²) < 4.78 is 28.7. The summed E-state index contributed by atoms with van der Waals surface area (Å²) in [4.78, 5) is 8.74. The van der Waals surface area contributed by atoms with E-state index in [2.05, 4.69) is 19.9 Å². The summed E-state index contributed by atoms with van der Waals surface area (Å²) >= 11 is 12.3. The van der Waals surface area contributed by atoms with Crippen molar-refractivity contribution < 1.29 is 43.6 Å². The molecule has 0 unspecified atom stereocenters. The van der Waals surface area contributed by atoms with Gasteiger partial charge in [-0.15, -0.1) is 0 Å². The number of fused-ring (bicyclic) bond motifs is 3. The molecule has 17 heteroatoms. The quantitative estimate of drug-likeness (QED) is 0.0656. The van der Waals surface area contributed by atoms with E-state index in [0.717, 1.165) is 70.7 Å². The third kappa shape index (κ3) is 9.90. The second-order valence-corrected chi connectivity index (χ2v) is 16.4. The molecular formula is C45H52Cl2N6O9. The van der Waals surface area contributed by atoms with Gasteiger partial charge in [0.15, 0.2) is 11.5 Å². The van der Waals surface area contributed by atoms with Gasteiger partial charge in [0.1, 0.15) is 23.7 Å². The molecule has 8 rings (SSSR count). The molecular weight excluding hydrogens is 839 g/mol. The van der Waals surface area contributed by atoms with Gasteiger partial charge in [0, 0.05) is 70.7 Å². The van der Waals surface area contributed by atoms with E-state index in [9.17, 15) is 20.4 Å². The summed E-state index contributed by atoms with van der Waals surface area (Å²) in [5.74, 6) is 3.63. The molecule has 0 amide bonds. The number of nitrogens with zero attached hydrogens (tertiary/aromatic N) is 4. The largest absolute Gasteiger partial charge is 0.490 e. The van der Waals surface area contributed by atoms with E-state index in [1.54, 1.807) is 12.1 Å². The zero-order valence-corrected chi connectivity index (χ0v) is 36.2. The maximum absolute atomic E-state index is 9.52. The Balaban J connectivity index is 0.000000188. The molecule has 0 bridgehead atoms. The Morgan fingerprint density at radius 1 is 0.726 bits per heavy atom. The Kier molecular flexibility index (Phi) is 14.2. The van der Waals surface area contributed by atoms with Crippen molar-refractivity contribution in [1.82, 2.24) is 10.1 Å². The second-order valence-electron chi connectivity index (χ2n) is 15.5. The van der Waals surface area contributed by atoms with Gasteiger partial charge in [-0.2, -0.15) is 4.98 Å². The lowest BCUT2D eigenvalue weighted by atomic mass is 10.0. The van der Waals surface area contributed by atoms with Crippen molar-refractivity contribution >= 4 is 45.5 Å². The van der Waals surface area contributed by atoms with Crippen molar-refractivity contribution in [3.8, 4) is 40.1 Å². The maximum atomic E-state index is 9.52. The van der Waals surface area contributed by atoms with Crippen LogP contribution < -0.4 is 35.5 Å². The molecule has 4 aromatic carbocycles. The molecule has 0 spiro atoms. The fourth-order valence-corrected chi connectivity index (χ4v) is 8.11. The number of ether oxygens (including phenoxy) is 3. The smallest absolute Gasteiger partial charge is 0.258 e. The van der Waals surface area contributed by atoms with Crippen LogP contribution in [0.15, 0.2) is 81.7 Å². The molecule has 6 aromatic rings. The van der Waals surface area contributed by atoms with E-state index in [0.29, 0.717) is 70.9 Å². The van der Waals surface area contributed by atoms with Crippen LogP contribution >= 0.6 is 23.2 Å². The first-order valence-electron chi connectivity index (χ1n) is 20.4. The van der Waals surface area contributed by atoms with Gasteiger partial charge in [-0.05, 0) is 92.9 Å². The van der Waals surface area contributed by atoms with E-state index >= 15 is 0 Å². The molecule has 0 aliphatic carbocycles. The third-order valence-electron chi connectivity index (χ3n) is 10.9. The lowest BCUT2D eigenvalue weighted by Crippen LogP contribution is -2.55. The fraction of sp³-hybridized carbons (Fsp3) is 0.378. The summed E-state index contributed by atoms with van der Waals surface area (Å²) in [6, 6.07) is 22.6. The predicted molar refractivity (Wildman–Crippen MR) is 239 cm³/mol. The number of halogens is 2. The standard InChI is InChI=1S/C24H30N4O5.C21H22Cl2N2O4/c1-3-31-20-8-6-18(12-21(20)32-4-2)23-26-22(27-33-23)17-5-7-19-16(11-17)9-10-28(19)13-24(25,14-29)15-30;22-13-6-17(23)16-8-14(29-20(16)7-13)9-28-19-3-1-2-18-15(19)4-5-25(18)10-21(24,11-26)12-27/h5-8,11-12,29-30H,3-4,9-10,13-15,25H2,1-2H3;1-3,6-8,26-27H,4-5,9-12,24H2. The highest BCUT2D eigenvalue weighted by molar-refractivity contribution is 6.38. The van der Waals surface area contributed by atoms with Crippen molar-refractivity contribution in [1.29, 1.82) is 0 Å². The third-order valence-corrected chi connectivity index (χ3v) is 11.4. The number of aliphatic hydroxyl groups is 4. The minimum atomic E-state index is -1.05. The molecule has 0 saturated heterocycles. The number of anilines is 2. The number of aliphatic hydroxyl groups excluding tert-OH is 4. The van der Waals surface area contributed by atoms with E-state index in [-0.39, 0.29) is 33.0 Å². The van der Waals surface area contributed by atoms with Gasteiger partial charge in [0.05, 0.1) is 55.7 Å². The monoisotopic (exact) mass is 890 g/mol. The highest BCUT2D eigenvalue weighted by Crippen LogP contribution is 2.38. The number of hydrogen-bond acceptors (Lipinski definition) is 15. The van der Waals surface area contributed by atoms with Gasteiger partial charge in [-0.1, -0.05) is 34.4 Å². The number of nitrogens with two attached hydrogens (primary N) is 2. The van der Waals surface area contributed by atoms with Crippen LogP contribution in [0.1, 0.15) is 30.7 Å².